The number of anilines is 1. The Kier molecular flexibility index (Phi) is 4.88. The molecule has 156 valence electrons. The Labute approximate surface area is 172 Å². The summed E-state index contributed by atoms with van der Waals surface area (Å²) in [4.78, 5) is 19.1. The van der Waals surface area contributed by atoms with Crippen LogP contribution in [0.25, 0.3) is 11.1 Å². The van der Waals surface area contributed by atoms with Gasteiger partial charge in [0.2, 0.25) is 0 Å². The third kappa shape index (κ3) is 3.46. The average molecular weight is 414 g/mol. The Morgan fingerprint density at radius 1 is 1.17 bits per heavy atom. The minimum atomic E-state index is -4.30. The number of amides is 1. The molecular formula is C22H21F3N4O. The molecule has 1 aromatic carbocycles. The van der Waals surface area contributed by atoms with Crippen LogP contribution in [0.1, 0.15) is 47.6 Å². The number of hydrogen-bond acceptors (Lipinski definition) is 3. The Morgan fingerprint density at radius 3 is 2.50 bits per heavy atom. The highest BCUT2D eigenvalue weighted by Gasteiger charge is 2.37. The number of nitrogens with zero attached hydrogens (tertiary/aromatic N) is 4. The maximum Gasteiger partial charge on any atom is 0.395 e. The fraction of sp³-hybridized carbons (Fsp3) is 0.318. The fourth-order valence-electron chi connectivity index (χ4n) is 3.74. The molecule has 30 heavy (non-hydrogen) atoms. The Bertz CT molecular complexity index is 1090. The van der Waals surface area contributed by atoms with Gasteiger partial charge in [0.15, 0.2) is 0 Å². The van der Waals surface area contributed by atoms with E-state index in [0.29, 0.717) is 23.5 Å². The van der Waals surface area contributed by atoms with Crippen molar-refractivity contribution in [3.63, 3.8) is 0 Å². The first kappa shape index (κ1) is 20.1. The van der Waals surface area contributed by atoms with Gasteiger partial charge >= 0.3 is 6.18 Å². The van der Waals surface area contributed by atoms with Crippen molar-refractivity contribution in [1.29, 1.82) is 0 Å². The number of pyridine rings is 1. The topological polar surface area (TPSA) is 51.0 Å². The third-order valence-electron chi connectivity index (χ3n) is 5.51. The SMILES string of the molecule is Cc1cc(-c2cnn3c2C(=O)N(c2ccc(C(C)C(F)(F)F)cc2)C[C@@H]3C)ccn1. The Hall–Kier alpha value is -3.16. The summed E-state index contributed by atoms with van der Waals surface area (Å²) < 4.78 is 40.7. The minimum Gasteiger partial charge on any atom is -0.305 e. The number of hydrogen-bond donors (Lipinski definition) is 0. The molecule has 1 unspecified atom stereocenters. The highest BCUT2D eigenvalue weighted by Crippen LogP contribution is 2.36. The van der Waals surface area contributed by atoms with Gasteiger partial charge in [0.1, 0.15) is 5.69 Å². The molecule has 0 fully saturated rings. The fourth-order valence-corrected chi connectivity index (χ4v) is 3.74. The monoisotopic (exact) mass is 414 g/mol. The molecule has 4 rings (SSSR count). The van der Waals surface area contributed by atoms with Crippen LogP contribution in [-0.2, 0) is 0 Å². The molecule has 0 saturated carbocycles. The number of rotatable bonds is 3. The number of benzene rings is 1. The molecular weight excluding hydrogens is 393 g/mol. The number of carbonyl (C=O) groups excluding carboxylic acids is 1. The molecule has 0 spiro atoms. The number of fused-ring (bicyclic) bond motifs is 1. The van der Waals surface area contributed by atoms with Crippen LogP contribution < -0.4 is 4.90 Å². The van der Waals surface area contributed by atoms with E-state index in [4.69, 9.17) is 0 Å². The predicted octanol–water partition coefficient (Wildman–Crippen LogP) is 5.14. The molecule has 0 saturated heterocycles. The molecule has 0 bridgehead atoms. The summed E-state index contributed by atoms with van der Waals surface area (Å²) in [6, 6.07) is 9.66. The van der Waals surface area contributed by atoms with Gasteiger partial charge in [-0.2, -0.15) is 18.3 Å². The smallest absolute Gasteiger partial charge is 0.305 e. The zero-order valence-electron chi connectivity index (χ0n) is 16.8. The van der Waals surface area contributed by atoms with Gasteiger partial charge in [-0.25, -0.2) is 0 Å². The molecule has 5 nitrogen and oxygen atoms in total. The highest BCUT2D eigenvalue weighted by atomic mass is 19.4. The second-order valence-corrected chi connectivity index (χ2v) is 7.66. The molecule has 0 N–H and O–H groups in total. The van der Waals surface area contributed by atoms with Crippen LogP contribution in [0, 0.1) is 6.92 Å². The van der Waals surface area contributed by atoms with E-state index in [1.54, 1.807) is 34.1 Å². The van der Waals surface area contributed by atoms with Crippen molar-refractivity contribution < 1.29 is 18.0 Å². The van der Waals surface area contributed by atoms with Crippen LogP contribution in [0.5, 0.6) is 0 Å². The Morgan fingerprint density at radius 2 is 1.87 bits per heavy atom. The van der Waals surface area contributed by atoms with Crippen LogP contribution in [0.3, 0.4) is 0 Å². The van der Waals surface area contributed by atoms with E-state index >= 15 is 0 Å². The highest BCUT2D eigenvalue weighted by molar-refractivity contribution is 6.09. The largest absolute Gasteiger partial charge is 0.395 e. The maximum absolute atomic E-state index is 13.4. The standard InChI is InChI=1S/C22H21F3N4O/c1-13-10-17(8-9-26-13)19-11-27-29-14(2)12-28(21(30)20(19)29)18-6-4-16(5-7-18)15(3)22(23,24)25/h4-11,14-15H,12H2,1-3H3/t14-,15?/m0/s1. The van der Waals surface area contributed by atoms with Crippen LogP contribution in [0.4, 0.5) is 18.9 Å². The molecule has 0 aliphatic carbocycles. The number of aryl methyl sites for hydroxylation is 1. The van der Waals surface area contributed by atoms with Crippen LogP contribution in [0.2, 0.25) is 0 Å². The van der Waals surface area contributed by atoms with Crippen molar-refractivity contribution in [3.05, 3.63) is 65.7 Å². The summed E-state index contributed by atoms with van der Waals surface area (Å²) in [5.74, 6) is -1.79. The maximum atomic E-state index is 13.4. The lowest BCUT2D eigenvalue weighted by Crippen LogP contribution is -2.42. The van der Waals surface area contributed by atoms with E-state index in [0.717, 1.165) is 18.2 Å². The molecule has 1 aliphatic rings. The molecule has 2 atom stereocenters. The van der Waals surface area contributed by atoms with Gasteiger partial charge in [-0.3, -0.25) is 14.5 Å². The average Bonchev–Trinajstić information content (AvgIpc) is 3.16. The lowest BCUT2D eigenvalue weighted by molar-refractivity contribution is -0.146. The first-order valence-electron chi connectivity index (χ1n) is 9.66. The van der Waals surface area contributed by atoms with Gasteiger partial charge in [-0.15, -0.1) is 0 Å². The summed E-state index contributed by atoms with van der Waals surface area (Å²) in [5, 5.41) is 4.41. The molecule has 0 radical (unpaired) electrons. The quantitative estimate of drug-likeness (QED) is 0.596. The van der Waals surface area contributed by atoms with Crippen LogP contribution in [-0.4, -0.2) is 33.4 Å². The first-order valence-corrected chi connectivity index (χ1v) is 9.66. The summed E-state index contributed by atoms with van der Waals surface area (Å²) in [6.45, 7) is 5.35. The van der Waals surface area contributed by atoms with Gasteiger partial charge in [0.25, 0.3) is 5.91 Å². The normalized spacial score (nSPS) is 17.7. The van der Waals surface area contributed by atoms with Gasteiger partial charge in [-0.1, -0.05) is 12.1 Å². The van der Waals surface area contributed by atoms with Crippen molar-refractivity contribution in [2.75, 3.05) is 11.4 Å². The second kappa shape index (κ2) is 7.27. The van der Waals surface area contributed by atoms with Crippen molar-refractivity contribution in [3.8, 4) is 11.1 Å². The van der Waals surface area contributed by atoms with Crippen molar-refractivity contribution in [2.45, 2.75) is 38.9 Å². The summed E-state index contributed by atoms with van der Waals surface area (Å²) in [6.07, 6.45) is -0.944. The molecule has 8 heteroatoms. The summed E-state index contributed by atoms with van der Waals surface area (Å²) in [5.41, 5.74) is 3.59. The van der Waals surface area contributed by atoms with Gasteiger partial charge in [-0.05, 0) is 56.2 Å². The number of aromatic nitrogens is 3. The molecule has 3 heterocycles. The van der Waals surface area contributed by atoms with Crippen LogP contribution in [0.15, 0.2) is 48.8 Å². The second-order valence-electron chi connectivity index (χ2n) is 7.66. The molecule has 3 aromatic rings. The first-order chi connectivity index (χ1) is 14.2. The van der Waals surface area contributed by atoms with Gasteiger partial charge < -0.3 is 4.90 Å². The predicted molar refractivity (Wildman–Crippen MR) is 107 cm³/mol. The van der Waals surface area contributed by atoms with E-state index in [-0.39, 0.29) is 17.5 Å². The van der Waals surface area contributed by atoms with Crippen molar-refractivity contribution >= 4 is 11.6 Å². The lowest BCUT2D eigenvalue weighted by atomic mass is 9.99. The zero-order chi connectivity index (χ0) is 21.6. The molecule has 2 aromatic heterocycles. The number of halogens is 3. The molecule has 1 amide bonds. The van der Waals surface area contributed by atoms with E-state index in [2.05, 4.69) is 10.1 Å². The molecule has 1 aliphatic heterocycles. The summed E-state index contributed by atoms with van der Waals surface area (Å²) in [7, 11) is 0. The van der Waals surface area contributed by atoms with Crippen LogP contribution >= 0.6 is 0 Å². The number of alkyl halides is 3. The Balaban J connectivity index is 1.70. The zero-order valence-corrected chi connectivity index (χ0v) is 16.8. The van der Waals surface area contributed by atoms with E-state index in [1.165, 1.54) is 12.1 Å². The van der Waals surface area contributed by atoms with E-state index in [9.17, 15) is 18.0 Å². The number of carbonyl (C=O) groups is 1. The minimum absolute atomic E-state index is 0.0804. The third-order valence-corrected chi connectivity index (χ3v) is 5.51. The van der Waals surface area contributed by atoms with Gasteiger partial charge in [0.05, 0.1) is 18.2 Å². The van der Waals surface area contributed by atoms with Crippen molar-refractivity contribution in [2.24, 2.45) is 0 Å². The van der Waals surface area contributed by atoms with Gasteiger partial charge in [0, 0.05) is 29.7 Å². The van der Waals surface area contributed by atoms with E-state index < -0.39 is 12.1 Å². The lowest BCUT2D eigenvalue weighted by Gasteiger charge is -2.32. The summed E-state index contributed by atoms with van der Waals surface area (Å²) >= 11 is 0. The van der Waals surface area contributed by atoms with E-state index in [1.807, 2.05) is 26.0 Å². The van der Waals surface area contributed by atoms with Crippen molar-refractivity contribution in [1.82, 2.24) is 14.8 Å².